The molecule has 1 nitrogen and oxygen atoms in total. The number of halogens is 1. The van der Waals surface area contributed by atoms with Crippen LogP contribution in [0.2, 0.25) is 0 Å². The molecule has 3 heteroatoms. The Bertz CT molecular complexity index is 247. The van der Waals surface area contributed by atoms with Gasteiger partial charge in [0.25, 0.3) is 0 Å². The minimum absolute atomic E-state index is 0.384. The summed E-state index contributed by atoms with van der Waals surface area (Å²) < 4.78 is 4.15. The van der Waals surface area contributed by atoms with Gasteiger partial charge in [0.05, 0.1) is 0 Å². The van der Waals surface area contributed by atoms with Crippen molar-refractivity contribution in [3.05, 3.63) is 17.1 Å². The van der Waals surface area contributed by atoms with Gasteiger partial charge in [0.2, 0.25) is 0 Å². The van der Waals surface area contributed by atoms with Gasteiger partial charge in [-0.3, -0.25) is 0 Å². The van der Waals surface area contributed by atoms with E-state index in [2.05, 4.69) is 10.4 Å². The van der Waals surface area contributed by atoms with E-state index in [0.29, 0.717) is 11.3 Å². The van der Waals surface area contributed by atoms with E-state index < -0.39 is 0 Å². The smallest absolute Gasteiger partial charge is 0.0409 e. The molecule has 2 unspecified atom stereocenters. The number of alkyl halides is 1. The summed E-state index contributed by atoms with van der Waals surface area (Å²) in [7, 11) is 0. The Morgan fingerprint density at radius 3 is 3.00 bits per heavy atom. The van der Waals surface area contributed by atoms with Gasteiger partial charge in [0.15, 0.2) is 0 Å². The number of nitrogens with zero attached hydrogens (tertiary/aromatic N) is 1. The topological polar surface area (TPSA) is 12.9 Å². The van der Waals surface area contributed by atoms with Crippen LogP contribution in [0.1, 0.15) is 42.9 Å². The number of hydrogen-bond donors (Lipinski definition) is 0. The molecule has 1 aromatic heterocycles. The van der Waals surface area contributed by atoms with E-state index in [4.69, 9.17) is 11.6 Å². The summed E-state index contributed by atoms with van der Waals surface area (Å²) >= 11 is 7.85. The summed E-state index contributed by atoms with van der Waals surface area (Å²) in [6.07, 6.45) is 8.15. The van der Waals surface area contributed by atoms with E-state index >= 15 is 0 Å². The average molecular weight is 216 g/mol. The zero-order valence-electron chi connectivity index (χ0n) is 7.58. The summed E-state index contributed by atoms with van der Waals surface area (Å²) in [5.74, 6) is 0.678. The first-order valence-electron chi connectivity index (χ1n) is 4.91. The zero-order valence-corrected chi connectivity index (χ0v) is 9.15. The lowest BCUT2D eigenvalue weighted by Crippen LogP contribution is -2.02. The lowest BCUT2D eigenvalue weighted by molar-refractivity contribution is 0.605. The zero-order chi connectivity index (χ0) is 9.10. The van der Waals surface area contributed by atoms with E-state index in [1.54, 1.807) is 11.5 Å². The van der Waals surface area contributed by atoms with Crippen molar-refractivity contribution in [3.63, 3.8) is 0 Å². The number of hydrogen-bond acceptors (Lipinski definition) is 2. The van der Waals surface area contributed by atoms with Crippen molar-refractivity contribution in [1.29, 1.82) is 0 Å². The fourth-order valence-electron chi connectivity index (χ4n) is 2.00. The molecule has 2 atom stereocenters. The fourth-order valence-corrected chi connectivity index (χ4v) is 3.09. The van der Waals surface area contributed by atoms with Gasteiger partial charge in [0, 0.05) is 16.5 Å². The van der Waals surface area contributed by atoms with Crippen LogP contribution in [0, 0.1) is 0 Å². The van der Waals surface area contributed by atoms with Gasteiger partial charge in [-0.1, -0.05) is 12.8 Å². The maximum absolute atomic E-state index is 6.22. The van der Waals surface area contributed by atoms with Gasteiger partial charge in [-0.05, 0) is 42.8 Å². The minimum atomic E-state index is 0.384. The molecule has 72 valence electrons. The van der Waals surface area contributed by atoms with Crippen molar-refractivity contribution < 1.29 is 0 Å². The molecular weight excluding hydrogens is 202 g/mol. The molecule has 1 aromatic rings. The standard InChI is InChI=1S/C10H14ClNS/c11-9-4-2-1-3-8(7-9)10-5-6-12-13-10/h5-6,8-9H,1-4,7H2. The Morgan fingerprint density at radius 1 is 1.38 bits per heavy atom. The third kappa shape index (κ3) is 2.44. The predicted molar refractivity (Wildman–Crippen MR) is 57.6 cm³/mol. The Morgan fingerprint density at radius 2 is 2.23 bits per heavy atom. The van der Waals surface area contributed by atoms with Crippen LogP contribution in [0.15, 0.2) is 12.3 Å². The highest BCUT2D eigenvalue weighted by molar-refractivity contribution is 7.05. The Hall–Kier alpha value is -0.0800. The first-order valence-corrected chi connectivity index (χ1v) is 6.12. The number of aromatic nitrogens is 1. The number of rotatable bonds is 1. The monoisotopic (exact) mass is 215 g/mol. The van der Waals surface area contributed by atoms with Crippen LogP contribution in [0.25, 0.3) is 0 Å². The van der Waals surface area contributed by atoms with Gasteiger partial charge in [-0.15, -0.1) is 11.6 Å². The van der Waals surface area contributed by atoms with Crippen LogP contribution in [0.3, 0.4) is 0 Å². The van der Waals surface area contributed by atoms with Gasteiger partial charge < -0.3 is 0 Å². The Kier molecular flexibility index (Phi) is 3.23. The van der Waals surface area contributed by atoms with Crippen LogP contribution in [-0.4, -0.2) is 9.75 Å². The largest absolute Gasteiger partial charge is 0.201 e. The van der Waals surface area contributed by atoms with Crippen LogP contribution in [0.5, 0.6) is 0 Å². The van der Waals surface area contributed by atoms with Gasteiger partial charge in [0.1, 0.15) is 0 Å². The molecule has 1 saturated carbocycles. The lowest BCUT2D eigenvalue weighted by atomic mass is 9.99. The molecule has 13 heavy (non-hydrogen) atoms. The maximum atomic E-state index is 6.22. The van der Waals surface area contributed by atoms with E-state index in [1.165, 1.54) is 30.6 Å². The van der Waals surface area contributed by atoms with Crippen molar-refractivity contribution in [2.45, 2.75) is 43.4 Å². The Balaban J connectivity index is 2.05. The summed E-state index contributed by atoms with van der Waals surface area (Å²) in [6.45, 7) is 0. The third-order valence-corrected chi connectivity index (χ3v) is 4.02. The second kappa shape index (κ2) is 4.43. The highest BCUT2D eigenvalue weighted by Crippen LogP contribution is 2.35. The first kappa shape index (κ1) is 9.47. The molecule has 0 bridgehead atoms. The van der Waals surface area contributed by atoms with E-state index in [-0.39, 0.29) is 0 Å². The first-order chi connectivity index (χ1) is 6.36. The molecule has 1 heterocycles. The lowest BCUT2D eigenvalue weighted by Gasteiger charge is -2.12. The minimum Gasteiger partial charge on any atom is -0.201 e. The molecule has 0 N–H and O–H groups in total. The Labute approximate surface area is 88.3 Å². The molecule has 2 rings (SSSR count). The second-order valence-corrected chi connectivity index (χ2v) is 5.21. The molecule has 0 amide bonds. The summed E-state index contributed by atoms with van der Waals surface area (Å²) in [5.41, 5.74) is 0. The summed E-state index contributed by atoms with van der Waals surface area (Å²) in [6, 6.07) is 2.14. The molecule has 0 aromatic carbocycles. The van der Waals surface area contributed by atoms with E-state index in [0.717, 1.165) is 6.42 Å². The van der Waals surface area contributed by atoms with Crippen molar-refractivity contribution in [2.24, 2.45) is 0 Å². The molecule has 1 aliphatic carbocycles. The van der Waals surface area contributed by atoms with Crippen molar-refractivity contribution in [3.8, 4) is 0 Å². The van der Waals surface area contributed by atoms with Gasteiger partial charge in [-0.2, -0.15) is 0 Å². The summed E-state index contributed by atoms with van der Waals surface area (Å²) in [5, 5.41) is 0.384. The molecule has 1 aliphatic rings. The van der Waals surface area contributed by atoms with Gasteiger partial charge >= 0.3 is 0 Å². The van der Waals surface area contributed by atoms with Crippen molar-refractivity contribution >= 4 is 23.1 Å². The van der Waals surface area contributed by atoms with E-state index in [9.17, 15) is 0 Å². The quantitative estimate of drug-likeness (QED) is 0.513. The highest BCUT2D eigenvalue weighted by atomic mass is 35.5. The molecule has 0 saturated heterocycles. The third-order valence-electron chi connectivity index (χ3n) is 2.72. The molecule has 0 aliphatic heterocycles. The van der Waals surface area contributed by atoms with Crippen LogP contribution < -0.4 is 0 Å². The van der Waals surface area contributed by atoms with Crippen molar-refractivity contribution in [1.82, 2.24) is 4.37 Å². The maximum Gasteiger partial charge on any atom is 0.0409 e. The molecule has 1 fully saturated rings. The average Bonchev–Trinajstić information content (AvgIpc) is 2.56. The van der Waals surface area contributed by atoms with Crippen molar-refractivity contribution in [2.75, 3.05) is 0 Å². The fraction of sp³-hybridized carbons (Fsp3) is 0.700. The van der Waals surface area contributed by atoms with Crippen LogP contribution in [0.4, 0.5) is 0 Å². The normalized spacial score (nSPS) is 29.9. The highest BCUT2D eigenvalue weighted by Gasteiger charge is 2.20. The summed E-state index contributed by atoms with van der Waals surface area (Å²) in [4.78, 5) is 1.42. The van der Waals surface area contributed by atoms with E-state index in [1.807, 2.05) is 6.20 Å². The second-order valence-electron chi connectivity index (χ2n) is 3.73. The predicted octanol–water partition coefficient (Wildman–Crippen LogP) is 3.80. The van der Waals surface area contributed by atoms with Crippen LogP contribution >= 0.6 is 23.1 Å². The SMILES string of the molecule is ClC1CCCCC(c2ccns2)C1. The van der Waals surface area contributed by atoms with Crippen LogP contribution in [-0.2, 0) is 0 Å². The molecule has 0 spiro atoms. The molecule has 0 radical (unpaired) electrons. The molecular formula is C10H14ClNS. The van der Waals surface area contributed by atoms with Gasteiger partial charge in [-0.25, -0.2) is 4.37 Å².